The van der Waals surface area contributed by atoms with Crippen molar-refractivity contribution in [3.8, 4) is 11.4 Å². The Kier molecular flexibility index (Phi) is 4.83. The van der Waals surface area contributed by atoms with Gasteiger partial charge in [0.05, 0.1) is 10.9 Å². The van der Waals surface area contributed by atoms with Crippen molar-refractivity contribution in [3.63, 3.8) is 0 Å². The van der Waals surface area contributed by atoms with Gasteiger partial charge >= 0.3 is 0 Å². The second-order valence-corrected chi connectivity index (χ2v) is 7.84. The molecule has 1 aromatic heterocycles. The van der Waals surface area contributed by atoms with Crippen molar-refractivity contribution in [1.29, 1.82) is 0 Å². The number of fused-ring (bicyclic) bond motifs is 1. The van der Waals surface area contributed by atoms with E-state index in [1.807, 2.05) is 24.3 Å². The van der Waals surface area contributed by atoms with Crippen LogP contribution in [0.25, 0.3) is 22.3 Å². The van der Waals surface area contributed by atoms with Crippen LogP contribution in [0, 0.1) is 13.8 Å². The number of aryl methyl sites for hydroxylation is 1. The maximum Gasteiger partial charge on any atom is 0.259 e. The van der Waals surface area contributed by atoms with Gasteiger partial charge in [-0.3, -0.25) is 9.69 Å². The molecular weight excluding hydrogens is 334 g/mol. The third-order valence-corrected chi connectivity index (χ3v) is 5.84. The minimum absolute atomic E-state index is 0.0808. The van der Waals surface area contributed by atoms with Crippen LogP contribution in [0.15, 0.2) is 41.2 Å². The summed E-state index contributed by atoms with van der Waals surface area (Å²) in [6.45, 7) is 8.71. The lowest BCUT2D eigenvalue weighted by Gasteiger charge is -2.34. The number of hydrogen-bond acceptors (Lipinski definition) is 3. The standard InChI is InChI=1S/C23H27N3O/c1-15-12-18(14-26-11-7-6-8-16(26)2)17(3)20(13-15)22-24-21-10-5-4-9-19(21)23(27)25-22/h4-5,9-10,12-13,16H,6-8,11,14H2,1-3H3,(H,24,25,27). The van der Waals surface area contributed by atoms with Gasteiger partial charge in [0.25, 0.3) is 5.56 Å². The van der Waals surface area contributed by atoms with Crippen LogP contribution in [0.5, 0.6) is 0 Å². The molecule has 2 aromatic carbocycles. The highest BCUT2D eigenvalue weighted by molar-refractivity contribution is 5.79. The average molecular weight is 361 g/mol. The zero-order chi connectivity index (χ0) is 19.0. The van der Waals surface area contributed by atoms with E-state index in [1.54, 1.807) is 0 Å². The first-order valence-corrected chi connectivity index (χ1v) is 9.86. The highest BCUT2D eigenvalue weighted by Crippen LogP contribution is 2.28. The Labute approximate surface area is 160 Å². The Morgan fingerprint density at radius 2 is 2.00 bits per heavy atom. The molecule has 0 bridgehead atoms. The molecule has 1 aliphatic heterocycles. The molecule has 3 aromatic rings. The van der Waals surface area contributed by atoms with Crippen LogP contribution in [-0.4, -0.2) is 27.5 Å². The van der Waals surface area contributed by atoms with Gasteiger partial charge < -0.3 is 4.98 Å². The van der Waals surface area contributed by atoms with E-state index in [2.05, 4.69) is 42.8 Å². The number of piperidine rings is 1. The number of aromatic amines is 1. The Bertz CT molecular complexity index is 1040. The van der Waals surface area contributed by atoms with Gasteiger partial charge in [0, 0.05) is 18.2 Å². The van der Waals surface area contributed by atoms with Crippen LogP contribution in [0.1, 0.15) is 42.9 Å². The summed E-state index contributed by atoms with van der Waals surface area (Å²) in [7, 11) is 0. The van der Waals surface area contributed by atoms with Crippen molar-refractivity contribution in [2.24, 2.45) is 0 Å². The van der Waals surface area contributed by atoms with E-state index in [0.717, 1.165) is 24.2 Å². The van der Waals surface area contributed by atoms with Crippen LogP contribution >= 0.6 is 0 Å². The van der Waals surface area contributed by atoms with Crippen molar-refractivity contribution < 1.29 is 0 Å². The summed E-state index contributed by atoms with van der Waals surface area (Å²) in [5.74, 6) is 0.660. The third kappa shape index (κ3) is 3.54. The van der Waals surface area contributed by atoms with Gasteiger partial charge in [-0.1, -0.05) is 30.2 Å². The lowest BCUT2D eigenvalue weighted by Crippen LogP contribution is -2.37. The highest BCUT2D eigenvalue weighted by Gasteiger charge is 2.20. The first-order chi connectivity index (χ1) is 13.0. The molecule has 1 atom stereocenters. The summed E-state index contributed by atoms with van der Waals surface area (Å²) >= 11 is 0. The molecule has 1 fully saturated rings. The van der Waals surface area contributed by atoms with Crippen molar-refractivity contribution in [2.45, 2.75) is 52.6 Å². The van der Waals surface area contributed by atoms with Crippen LogP contribution in [-0.2, 0) is 6.54 Å². The number of aromatic nitrogens is 2. The van der Waals surface area contributed by atoms with Gasteiger partial charge in [0.2, 0.25) is 0 Å². The van der Waals surface area contributed by atoms with E-state index < -0.39 is 0 Å². The summed E-state index contributed by atoms with van der Waals surface area (Å²) < 4.78 is 0. The Morgan fingerprint density at radius 1 is 1.19 bits per heavy atom. The minimum Gasteiger partial charge on any atom is -0.306 e. The second-order valence-electron chi connectivity index (χ2n) is 7.84. The van der Waals surface area contributed by atoms with Gasteiger partial charge in [0.15, 0.2) is 0 Å². The molecule has 1 N–H and O–H groups in total. The van der Waals surface area contributed by atoms with Gasteiger partial charge in [0.1, 0.15) is 5.82 Å². The van der Waals surface area contributed by atoms with Gasteiger partial charge in [-0.2, -0.15) is 0 Å². The molecule has 4 nitrogen and oxygen atoms in total. The number of rotatable bonds is 3. The normalized spacial score (nSPS) is 18.1. The molecule has 27 heavy (non-hydrogen) atoms. The molecule has 0 aliphatic carbocycles. The van der Waals surface area contributed by atoms with E-state index in [9.17, 15) is 4.79 Å². The van der Waals surface area contributed by atoms with Gasteiger partial charge in [-0.15, -0.1) is 0 Å². The summed E-state index contributed by atoms with van der Waals surface area (Å²) in [6.07, 6.45) is 3.89. The minimum atomic E-state index is -0.0808. The van der Waals surface area contributed by atoms with Crippen molar-refractivity contribution in [3.05, 3.63) is 63.4 Å². The Balaban J connectivity index is 1.77. The maximum atomic E-state index is 12.5. The van der Waals surface area contributed by atoms with Crippen LogP contribution < -0.4 is 5.56 Å². The van der Waals surface area contributed by atoms with Crippen LogP contribution in [0.2, 0.25) is 0 Å². The predicted molar refractivity (Wildman–Crippen MR) is 111 cm³/mol. The molecule has 0 saturated carbocycles. The molecule has 140 valence electrons. The Morgan fingerprint density at radius 3 is 2.81 bits per heavy atom. The topological polar surface area (TPSA) is 49.0 Å². The fourth-order valence-corrected chi connectivity index (χ4v) is 4.17. The number of para-hydroxylation sites is 1. The molecular formula is C23H27N3O. The van der Waals surface area contributed by atoms with Gasteiger partial charge in [-0.25, -0.2) is 4.98 Å². The number of H-pyrrole nitrogens is 1. The third-order valence-electron chi connectivity index (χ3n) is 5.84. The monoisotopic (exact) mass is 361 g/mol. The second kappa shape index (κ2) is 7.28. The smallest absolute Gasteiger partial charge is 0.259 e. The zero-order valence-electron chi connectivity index (χ0n) is 16.4. The first-order valence-electron chi connectivity index (χ1n) is 9.86. The SMILES string of the molecule is Cc1cc(CN2CCCCC2C)c(C)c(-c2nc3ccccc3c(=O)[nH]2)c1. The summed E-state index contributed by atoms with van der Waals surface area (Å²) in [4.78, 5) is 22.8. The zero-order valence-corrected chi connectivity index (χ0v) is 16.4. The van der Waals surface area contributed by atoms with E-state index in [-0.39, 0.29) is 5.56 Å². The van der Waals surface area contributed by atoms with E-state index >= 15 is 0 Å². The summed E-state index contributed by atoms with van der Waals surface area (Å²) in [6, 6.07) is 12.5. The van der Waals surface area contributed by atoms with Crippen molar-refractivity contribution >= 4 is 10.9 Å². The van der Waals surface area contributed by atoms with E-state index in [4.69, 9.17) is 4.98 Å². The molecule has 1 saturated heterocycles. The van der Waals surface area contributed by atoms with Crippen molar-refractivity contribution in [2.75, 3.05) is 6.54 Å². The summed E-state index contributed by atoms with van der Waals surface area (Å²) in [5, 5.41) is 0.633. The summed E-state index contributed by atoms with van der Waals surface area (Å²) in [5.41, 5.74) is 5.42. The molecule has 4 heteroatoms. The van der Waals surface area contributed by atoms with E-state index in [0.29, 0.717) is 17.3 Å². The van der Waals surface area contributed by atoms with Gasteiger partial charge in [-0.05, 0) is 69.5 Å². The van der Waals surface area contributed by atoms with Crippen LogP contribution in [0.3, 0.4) is 0 Å². The highest BCUT2D eigenvalue weighted by atomic mass is 16.1. The number of nitrogens with one attached hydrogen (secondary N) is 1. The molecule has 1 aliphatic rings. The Hall–Kier alpha value is -2.46. The average Bonchev–Trinajstić information content (AvgIpc) is 2.66. The number of hydrogen-bond donors (Lipinski definition) is 1. The molecule has 0 spiro atoms. The largest absolute Gasteiger partial charge is 0.306 e. The molecule has 1 unspecified atom stereocenters. The fourth-order valence-electron chi connectivity index (χ4n) is 4.17. The molecule has 2 heterocycles. The predicted octanol–water partition coefficient (Wildman–Crippen LogP) is 4.58. The molecule has 4 rings (SSSR count). The van der Waals surface area contributed by atoms with Crippen LogP contribution in [0.4, 0.5) is 0 Å². The number of nitrogens with zero attached hydrogens (tertiary/aromatic N) is 2. The molecule has 0 radical (unpaired) electrons. The number of likely N-dealkylation sites (tertiary alicyclic amines) is 1. The van der Waals surface area contributed by atoms with E-state index in [1.165, 1.54) is 36.0 Å². The number of benzene rings is 2. The lowest BCUT2D eigenvalue weighted by atomic mass is 9.96. The fraction of sp³-hybridized carbons (Fsp3) is 0.391. The van der Waals surface area contributed by atoms with Crippen molar-refractivity contribution in [1.82, 2.24) is 14.9 Å². The lowest BCUT2D eigenvalue weighted by molar-refractivity contribution is 0.152. The maximum absolute atomic E-state index is 12.5. The quantitative estimate of drug-likeness (QED) is 0.743. The first kappa shape index (κ1) is 17.9. The molecule has 0 amide bonds.